The molecule has 2 aromatic rings. The van der Waals surface area contributed by atoms with Crippen LogP contribution in [0.2, 0.25) is 0 Å². The third-order valence-electron chi connectivity index (χ3n) is 3.09. The number of hydrogen-bond acceptors (Lipinski definition) is 2. The van der Waals surface area contributed by atoms with E-state index in [0.717, 1.165) is 12.1 Å². The first-order valence-electron chi connectivity index (χ1n) is 6.11. The van der Waals surface area contributed by atoms with Crippen molar-refractivity contribution in [3.63, 3.8) is 0 Å². The summed E-state index contributed by atoms with van der Waals surface area (Å²) in [5, 5.41) is 12.7. The normalized spacial score (nSPS) is 12.2. The van der Waals surface area contributed by atoms with Gasteiger partial charge in [0.1, 0.15) is 23.6 Å². The van der Waals surface area contributed by atoms with Crippen molar-refractivity contribution in [2.75, 3.05) is 11.9 Å². The molecule has 0 bridgehead atoms. The Bertz CT molecular complexity index is 596. The summed E-state index contributed by atoms with van der Waals surface area (Å²) < 4.78 is 40.3. The molecule has 0 aliphatic heterocycles. The van der Waals surface area contributed by atoms with Crippen LogP contribution in [-0.2, 0) is 0 Å². The van der Waals surface area contributed by atoms with E-state index >= 15 is 0 Å². The molecular formula is C15H14F3NO. The minimum absolute atomic E-state index is 0.123. The van der Waals surface area contributed by atoms with Crippen molar-refractivity contribution in [1.82, 2.24) is 0 Å². The highest BCUT2D eigenvalue weighted by Gasteiger charge is 2.17. The quantitative estimate of drug-likeness (QED) is 0.898. The Morgan fingerprint density at radius 2 is 1.55 bits per heavy atom. The number of anilines is 1. The highest BCUT2D eigenvalue weighted by molar-refractivity contribution is 5.51. The molecule has 0 aliphatic rings. The average Bonchev–Trinajstić information content (AvgIpc) is 2.40. The number of rotatable bonds is 4. The van der Waals surface area contributed by atoms with Crippen molar-refractivity contribution in [3.05, 3.63) is 65.0 Å². The lowest BCUT2D eigenvalue weighted by molar-refractivity contribution is 0.181. The van der Waals surface area contributed by atoms with Crippen molar-refractivity contribution in [1.29, 1.82) is 0 Å². The highest BCUT2D eigenvalue weighted by atomic mass is 19.1. The van der Waals surface area contributed by atoms with Crippen LogP contribution in [0.15, 0.2) is 36.4 Å². The van der Waals surface area contributed by atoms with Crippen molar-refractivity contribution in [2.24, 2.45) is 0 Å². The molecule has 2 nitrogen and oxygen atoms in total. The van der Waals surface area contributed by atoms with Gasteiger partial charge in [0.05, 0.1) is 5.56 Å². The molecule has 106 valence electrons. The predicted molar refractivity (Wildman–Crippen MR) is 70.9 cm³/mol. The zero-order chi connectivity index (χ0) is 14.7. The molecule has 0 spiro atoms. The second kappa shape index (κ2) is 5.96. The van der Waals surface area contributed by atoms with Gasteiger partial charge in [0.25, 0.3) is 0 Å². The van der Waals surface area contributed by atoms with Gasteiger partial charge in [-0.25, -0.2) is 13.2 Å². The lowest BCUT2D eigenvalue weighted by Crippen LogP contribution is -2.15. The van der Waals surface area contributed by atoms with E-state index in [0.29, 0.717) is 11.3 Å². The molecular weight excluding hydrogens is 267 g/mol. The maximum absolute atomic E-state index is 13.5. The fourth-order valence-corrected chi connectivity index (χ4v) is 1.94. The lowest BCUT2D eigenvalue weighted by atomic mass is 10.1. The molecule has 1 unspecified atom stereocenters. The maximum Gasteiger partial charge on any atom is 0.132 e. The first kappa shape index (κ1) is 14.4. The van der Waals surface area contributed by atoms with Crippen molar-refractivity contribution >= 4 is 5.69 Å². The van der Waals surface area contributed by atoms with Gasteiger partial charge < -0.3 is 10.4 Å². The maximum atomic E-state index is 13.5. The van der Waals surface area contributed by atoms with Crippen LogP contribution >= 0.6 is 0 Å². The SMILES string of the molecule is Cc1c(F)cccc1NCC(O)c1c(F)cccc1F. The average molecular weight is 281 g/mol. The molecule has 0 fully saturated rings. The van der Waals surface area contributed by atoms with Gasteiger partial charge in [0, 0.05) is 17.8 Å². The molecule has 0 saturated heterocycles. The zero-order valence-electron chi connectivity index (χ0n) is 10.8. The number of halogens is 3. The molecule has 0 aromatic heterocycles. The van der Waals surface area contributed by atoms with Crippen LogP contribution in [0.5, 0.6) is 0 Å². The monoisotopic (exact) mass is 281 g/mol. The number of aliphatic hydroxyl groups is 1. The summed E-state index contributed by atoms with van der Waals surface area (Å²) in [7, 11) is 0. The molecule has 2 rings (SSSR count). The number of aliphatic hydroxyl groups excluding tert-OH is 1. The fraction of sp³-hybridized carbons (Fsp3) is 0.200. The number of hydrogen-bond donors (Lipinski definition) is 2. The van der Waals surface area contributed by atoms with E-state index in [1.807, 2.05) is 0 Å². The lowest BCUT2D eigenvalue weighted by Gasteiger charge is -2.16. The summed E-state index contributed by atoms with van der Waals surface area (Å²) in [5.74, 6) is -2.01. The minimum atomic E-state index is -1.36. The topological polar surface area (TPSA) is 32.3 Å². The van der Waals surface area contributed by atoms with Gasteiger partial charge in [-0.2, -0.15) is 0 Å². The predicted octanol–water partition coefficient (Wildman–Crippen LogP) is 3.56. The Kier molecular flexibility index (Phi) is 4.29. The second-order valence-electron chi connectivity index (χ2n) is 4.44. The van der Waals surface area contributed by atoms with Crippen LogP contribution in [0.25, 0.3) is 0 Å². The van der Waals surface area contributed by atoms with E-state index in [-0.39, 0.29) is 12.4 Å². The highest BCUT2D eigenvalue weighted by Crippen LogP contribution is 2.23. The summed E-state index contributed by atoms with van der Waals surface area (Å²) in [6.07, 6.45) is -1.36. The summed E-state index contributed by atoms with van der Waals surface area (Å²) >= 11 is 0. The van der Waals surface area contributed by atoms with Crippen molar-refractivity contribution in [3.8, 4) is 0 Å². The smallest absolute Gasteiger partial charge is 0.132 e. The summed E-state index contributed by atoms with van der Waals surface area (Å²) in [6.45, 7) is 1.45. The summed E-state index contributed by atoms with van der Waals surface area (Å²) in [5.41, 5.74) is 0.462. The van der Waals surface area contributed by atoms with Crippen LogP contribution < -0.4 is 5.32 Å². The molecule has 5 heteroatoms. The third-order valence-corrected chi connectivity index (χ3v) is 3.09. The standard InChI is InChI=1S/C15H14F3NO/c1-9-10(16)4-3-7-13(9)19-8-14(20)15-11(17)5-2-6-12(15)18/h2-7,14,19-20H,8H2,1H3. The van der Waals surface area contributed by atoms with Crippen LogP contribution in [0.4, 0.5) is 18.9 Å². The molecule has 1 atom stereocenters. The summed E-state index contributed by atoms with van der Waals surface area (Å²) in [4.78, 5) is 0. The van der Waals surface area contributed by atoms with E-state index in [1.54, 1.807) is 13.0 Å². The first-order valence-corrected chi connectivity index (χ1v) is 6.11. The van der Waals surface area contributed by atoms with E-state index in [2.05, 4.69) is 5.32 Å². The minimum Gasteiger partial charge on any atom is -0.386 e. The van der Waals surface area contributed by atoms with Crippen LogP contribution in [0.1, 0.15) is 17.2 Å². The van der Waals surface area contributed by atoms with Crippen LogP contribution in [0.3, 0.4) is 0 Å². The molecule has 0 saturated carbocycles. The van der Waals surface area contributed by atoms with Crippen LogP contribution in [0, 0.1) is 24.4 Å². The Morgan fingerprint density at radius 3 is 2.20 bits per heavy atom. The fourth-order valence-electron chi connectivity index (χ4n) is 1.94. The Morgan fingerprint density at radius 1 is 1.00 bits per heavy atom. The van der Waals surface area contributed by atoms with Crippen LogP contribution in [-0.4, -0.2) is 11.7 Å². The number of nitrogens with one attached hydrogen (secondary N) is 1. The van der Waals surface area contributed by atoms with Crippen molar-refractivity contribution < 1.29 is 18.3 Å². The van der Waals surface area contributed by atoms with Gasteiger partial charge in [-0.15, -0.1) is 0 Å². The van der Waals surface area contributed by atoms with Gasteiger partial charge in [-0.05, 0) is 31.2 Å². The van der Waals surface area contributed by atoms with Gasteiger partial charge in [0.15, 0.2) is 0 Å². The Balaban J connectivity index is 2.13. The third kappa shape index (κ3) is 2.93. The zero-order valence-corrected chi connectivity index (χ0v) is 10.8. The molecule has 2 aromatic carbocycles. The molecule has 0 heterocycles. The second-order valence-corrected chi connectivity index (χ2v) is 4.44. The summed E-state index contributed by atoms with van der Waals surface area (Å²) in [6, 6.07) is 7.84. The molecule has 2 N–H and O–H groups in total. The van der Waals surface area contributed by atoms with Gasteiger partial charge in [-0.3, -0.25) is 0 Å². The molecule has 0 radical (unpaired) electrons. The van der Waals surface area contributed by atoms with E-state index < -0.39 is 23.3 Å². The largest absolute Gasteiger partial charge is 0.386 e. The van der Waals surface area contributed by atoms with Gasteiger partial charge in [-0.1, -0.05) is 12.1 Å². The van der Waals surface area contributed by atoms with E-state index in [1.165, 1.54) is 18.2 Å². The van der Waals surface area contributed by atoms with Gasteiger partial charge >= 0.3 is 0 Å². The number of benzene rings is 2. The first-order chi connectivity index (χ1) is 9.50. The molecule has 0 aliphatic carbocycles. The van der Waals surface area contributed by atoms with Crippen molar-refractivity contribution in [2.45, 2.75) is 13.0 Å². The molecule has 0 amide bonds. The van der Waals surface area contributed by atoms with Gasteiger partial charge in [0.2, 0.25) is 0 Å². The molecule has 20 heavy (non-hydrogen) atoms. The van der Waals surface area contributed by atoms with E-state index in [9.17, 15) is 18.3 Å². The Hall–Kier alpha value is -2.01. The van der Waals surface area contributed by atoms with E-state index in [4.69, 9.17) is 0 Å². The Labute approximate surface area is 114 Å².